The molecule has 1 aromatic carbocycles. The van der Waals surface area contributed by atoms with E-state index in [1.807, 2.05) is 30.3 Å². The first kappa shape index (κ1) is 19.4. The molecule has 2 aliphatic carbocycles. The molecule has 2 bridgehead atoms. The summed E-state index contributed by atoms with van der Waals surface area (Å²) in [6.45, 7) is 11.0. The highest BCUT2D eigenvalue weighted by molar-refractivity contribution is 5.91. The standard InChI is InChI=1S/C23H32N2O3/c1-6-19(26)25-21(27)28-20(16-10-8-7-9-11-16)15(2)24(25)18-14-17-12-13-23(18,5)22(17,3)4/h7-11,15,17-18,20H,6,12-14H2,1-5H3/t15-,17+,18+,20-,23-/m0/s1. The zero-order chi connectivity index (χ0) is 20.3. The molecule has 0 spiro atoms. The molecule has 1 aromatic rings. The summed E-state index contributed by atoms with van der Waals surface area (Å²) in [6, 6.07) is 9.94. The molecule has 5 heteroatoms. The molecule has 0 aromatic heterocycles. The van der Waals surface area contributed by atoms with Gasteiger partial charge in [-0.3, -0.25) is 4.79 Å². The minimum absolute atomic E-state index is 0.0665. The van der Waals surface area contributed by atoms with Gasteiger partial charge in [-0.1, -0.05) is 58.0 Å². The second kappa shape index (κ2) is 6.58. The van der Waals surface area contributed by atoms with Crippen molar-refractivity contribution >= 4 is 12.0 Å². The number of carbonyl (C=O) groups is 2. The number of hydrogen-bond donors (Lipinski definition) is 0. The topological polar surface area (TPSA) is 49.9 Å². The van der Waals surface area contributed by atoms with Gasteiger partial charge in [0.15, 0.2) is 0 Å². The Kier molecular flexibility index (Phi) is 4.57. The Morgan fingerprint density at radius 3 is 2.43 bits per heavy atom. The predicted octanol–water partition coefficient (Wildman–Crippen LogP) is 4.94. The van der Waals surface area contributed by atoms with Crippen LogP contribution in [0.25, 0.3) is 0 Å². The average molecular weight is 385 g/mol. The maximum absolute atomic E-state index is 13.0. The fraction of sp³-hybridized carbons (Fsp3) is 0.652. The summed E-state index contributed by atoms with van der Waals surface area (Å²) in [4.78, 5) is 25.8. The molecule has 3 fully saturated rings. The van der Waals surface area contributed by atoms with Crippen LogP contribution in [0.1, 0.15) is 72.0 Å². The van der Waals surface area contributed by atoms with Gasteiger partial charge in [0.2, 0.25) is 5.91 Å². The number of benzene rings is 1. The van der Waals surface area contributed by atoms with Gasteiger partial charge in [-0.05, 0) is 48.5 Å². The lowest BCUT2D eigenvalue weighted by molar-refractivity contribution is -0.190. The lowest BCUT2D eigenvalue weighted by Gasteiger charge is -2.52. The average Bonchev–Trinajstić information content (AvgIpc) is 3.02. The van der Waals surface area contributed by atoms with Crippen LogP contribution in [-0.2, 0) is 9.53 Å². The molecule has 0 N–H and O–H groups in total. The highest BCUT2D eigenvalue weighted by Gasteiger charge is 2.65. The van der Waals surface area contributed by atoms with E-state index in [4.69, 9.17) is 4.74 Å². The summed E-state index contributed by atoms with van der Waals surface area (Å²) < 4.78 is 5.80. The van der Waals surface area contributed by atoms with Crippen molar-refractivity contribution < 1.29 is 14.3 Å². The molecule has 4 rings (SSSR count). The zero-order valence-electron chi connectivity index (χ0n) is 17.6. The van der Waals surface area contributed by atoms with E-state index in [2.05, 4.69) is 32.7 Å². The smallest absolute Gasteiger partial charge is 0.432 e. The van der Waals surface area contributed by atoms with E-state index in [9.17, 15) is 9.59 Å². The van der Waals surface area contributed by atoms with Crippen molar-refractivity contribution in [3.8, 4) is 0 Å². The molecule has 2 saturated carbocycles. The summed E-state index contributed by atoms with van der Waals surface area (Å²) in [6.07, 6.45) is 2.76. The molecular weight excluding hydrogens is 352 g/mol. The van der Waals surface area contributed by atoms with Gasteiger partial charge in [0.05, 0.1) is 6.04 Å². The fourth-order valence-electron chi connectivity index (χ4n) is 6.03. The molecular formula is C23H32N2O3. The number of fused-ring (bicyclic) bond motifs is 2. The summed E-state index contributed by atoms with van der Waals surface area (Å²) in [5.74, 6) is 0.439. The van der Waals surface area contributed by atoms with Gasteiger partial charge in [-0.15, -0.1) is 0 Å². The van der Waals surface area contributed by atoms with Crippen LogP contribution in [0.4, 0.5) is 4.79 Å². The second-order valence-electron chi connectivity index (χ2n) is 9.52. The molecule has 3 aliphatic rings. The molecule has 5 nitrogen and oxygen atoms in total. The van der Waals surface area contributed by atoms with Gasteiger partial charge in [0.25, 0.3) is 0 Å². The highest BCUT2D eigenvalue weighted by atomic mass is 16.6. The van der Waals surface area contributed by atoms with E-state index in [1.165, 1.54) is 11.4 Å². The van der Waals surface area contributed by atoms with Crippen LogP contribution in [0.5, 0.6) is 0 Å². The summed E-state index contributed by atoms with van der Waals surface area (Å²) in [5, 5.41) is 3.41. The molecule has 28 heavy (non-hydrogen) atoms. The predicted molar refractivity (Wildman–Crippen MR) is 107 cm³/mol. The first-order valence-electron chi connectivity index (χ1n) is 10.6. The van der Waals surface area contributed by atoms with Crippen LogP contribution >= 0.6 is 0 Å². The first-order valence-corrected chi connectivity index (χ1v) is 10.6. The SMILES string of the molecule is CCC(=O)N1C(=O)O[C@H](c2ccccc2)[C@H](C)N1[C@@H]1C[C@H]2CC[C@]1(C)C2(C)C. The van der Waals surface area contributed by atoms with Crippen molar-refractivity contribution in [2.24, 2.45) is 16.7 Å². The van der Waals surface area contributed by atoms with Gasteiger partial charge in [0, 0.05) is 12.5 Å². The number of nitrogens with zero attached hydrogens (tertiary/aromatic N) is 2. The lowest BCUT2D eigenvalue weighted by atomic mass is 9.68. The first-order chi connectivity index (χ1) is 13.2. The number of hydrazine groups is 1. The third-order valence-corrected chi connectivity index (χ3v) is 8.22. The molecule has 2 amide bonds. The number of hydrogen-bond acceptors (Lipinski definition) is 4. The number of imide groups is 1. The monoisotopic (exact) mass is 384 g/mol. The summed E-state index contributed by atoms with van der Waals surface area (Å²) in [7, 11) is 0. The Morgan fingerprint density at radius 2 is 1.89 bits per heavy atom. The van der Waals surface area contributed by atoms with Crippen molar-refractivity contribution in [3.05, 3.63) is 35.9 Å². The van der Waals surface area contributed by atoms with E-state index < -0.39 is 6.09 Å². The van der Waals surface area contributed by atoms with E-state index in [-0.39, 0.29) is 41.3 Å². The largest absolute Gasteiger partial charge is 0.438 e. The third kappa shape index (κ3) is 2.55. The third-order valence-electron chi connectivity index (χ3n) is 8.22. The van der Waals surface area contributed by atoms with Crippen molar-refractivity contribution in [3.63, 3.8) is 0 Å². The van der Waals surface area contributed by atoms with Crippen molar-refractivity contribution in [2.75, 3.05) is 0 Å². The molecule has 5 atom stereocenters. The lowest BCUT2D eigenvalue weighted by Crippen LogP contribution is -2.66. The Morgan fingerprint density at radius 1 is 1.21 bits per heavy atom. The minimum Gasteiger partial charge on any atom is -0.438 e. The van der Waals surface area contributed by atoms with E-state index >= 15 is 0 Å². The second-order valence-corrected chi connectivity index (χ2v) is 9.52. The number of cyclic esters (lactones) is 1. The van der Waals surface area contributed by atoms with Gasteiger partial charge in [0.1, 0.15) is 6.10 Å². The number of amides is 2. The van der Waals surface area contributed by atoms with Crippen molar-refractivity contribution in [1.82, 2.24) is 10.0 Å². The molecule has 0 unspecified atom stereocenters. The Hall–Kier alpha value is -1.88. The normalized spacial score (nSPS) is 37.2. The van der Waals surface area contributed by atoms with Crippen LogP contribution < -0.4 is 0 Å². The van der Waals surface area contributed by atoms with Crippen LogP contribution in [-0.4, -0.2) is 34.1 Å². The molecule has 1 saturated heterocycles. The van der Waals surface area contributed by atoms with Gasteiger partial charge < -0.3 is 4.74 Å². The summed E-state index contributed by atoms with van der Waals surface area (Å²) >= 11 is 0. The van der Waals surface area contributed by atoms with Crippen molar-refractivity contribution in [1.29, 1.82) is 0 Å². The highest BCUT2D eigenvalue weighted by Crippen LogP contribution is 2.67. The molecule has 0 radical (unpaired) electrons. The van der Waals surface area contributed by atoms with Crippen LogP contribution in [0, 0.1) is 16.7 Å². The van der Waals surface area contributed by atoms with E-state index in [0.717, 1.165) is 18.4 Å². The van der Waals surface area contributed by atoms with E-state index in [0.29, 0.717) is 5.92 Å². The van der Waals surface area contributed by atoms with Crippen LogP contribution in [0.15, 0.2) is 30.3 Å². The van der Waals surface area contributed by atoms with Gasteiger partial charge in [-0.2, -0.15) is 10.0 Å². The van der Waals surface area contributed by atoms with Crippen molar-refractivity contribution in [2.45, 2.75) is 78.5 Å². The van der Waals surface area contributed by atoms with Gasteiger partial charge in [-0.25, -0.2) is 4.79 Å². The maximum atomic E-state index is 13.0. The Balaban J connectivity index is 1.76. The fourth-order valence-corrected chi connectivity index (χ4v) is 6.03. The minimum atomic E-state index is -0.539. The Bertz CT molecular complexity index is 777. The quantitative estimate of drug-likeness (QED) is 0.741. The van der Waals surface area contributed by atoms with E-state index in [1.54, 1.807) is 6.92 Å². The molecule has 1 heterocycles. The van der Waals surface area contributed by atoms with Gasteiger partial charge >= 0.3 is 6.09 Å². The number of ether oxygens (including phenoxy) is 1. The van der Waals surface area contributed by atoms with Crippen LogP contribution in [0.2, 0.25) is 0 Å². The maximum Gasteiger partial charge on any atom is 0.432 e. The Labute approximate surface area is 168 Å². The molecule has 1 aliphatic heterocycles. The molecule has 152 valence electrons. The number of rotatable bonds is 3. The zero-order valence-corrected chi connectivity index (χ0v) is 17.6. The van der Waals surface area contributed by atoms with Crippen LogP contribution in [0.3, 0.4) is 0 Å². The number of carbonyl (C=O) groups excluding carboxylic acids is 2. The summed E-state index contributed by atoms with van der Waals surface area (Å²) in [5.41, 5.74) is 1.24.